The van der Waals surface area contributed by atoms with Crippen molar-refractivity contribution in [2.45, 2.75) is 6.54 Å². The van der Waals surface area contributed by atoms with Crippen LogP contribution in [0, 0.1) is 0 Å². The zero-order chi connectivity index (χ0) is 12.4. The van der Waals surface area contributed by atoms with Crippen LogP contribution in [0.3, 0.4) is 0 Å². The largest absolute Gasteiger partial charge is 0.493 e. The summed E-state index contributed by atoms with van der Waals surface area (Å²) < 4.78 is 16.2. The fourth-order valence-corrected chi connectivity index (χ4v) is 2.40. The standard InChI is InChI=1S/C13H18N2O3/c1-16-11-6-10(7-12-13(11)18-9-17-12)8-15-4-2-14-3-5-15/h6-7,14H,2-5,8-9H2,1H3. The summed E-state index contributed by atoms with van der Waals surface area (Å²) in [5.41, 5.74) is 1.21. The van der Waals surface area contributed by atoms with Crippen LogP contribution >= 0.6 is 0 Å². The van der Waals surface area contributed by atoms with Crippen molar-refractivity contribution in [2.75, 3.05) is 40.1 Å². The molecule has 0 aromatic heterocycles. The summed E-state index contributed by atoms with van der Waals surface area (Å²) in [6.07, 6.45) is 0. The number of methoxy groups -OCH3 is 1. The lowest BCUT2D eigenvalue weighted by Crippen LogP contribution is -2.42. The molecule has 1 aromatic carbocycles. The summed E-state index contributed by atoms with van der Waals surface area (Å²) in [7, 11) is 1.66. The molecule has 5 nitrogen and oxygen atoms in total. The van der Waals surface area contributed by atoms with Crippen molar-refractivity contribution in [1.29, 1.82) is 0 Å². The van der Waals surface area contributed by atoms with Crippen molar-refractivity contribution in [3.8, 4) is 17.2 Å². The molecule has 1 saturated heterocycles. The number of hydrogen-bond donors (Lipinski definition) is 1. The molecule has 0 unspecified atom stereocenters. The molecule has 1 N–H and O–H groups in total. The number of fused-ring (bicyclic) bond motifs is 1. The minimum atomic E-state index is 0.281. The second-order valence-corrected chi connectivity index (χ2v) is 4.56. The molecule has 2 aliphatic heterocycles. The second kappa shape index (κ2) is 5.04. The predicted molar refractivity (Wildman–Crippen MR) is 67.3 cm³/mol. The molecule has 5 heteroatoms. The first-order valence-corrected chi connectivity index (χ1v) is 6.26. The molecule has 0 bridgehead atoms. The smallest absolute Gasteiger partial charge is 0.231 e. The second-order valence-electron chi connectivity index (χ2n) is 4.56. The first kappa shape index (κ1) is 11.6. The molecule has 1 fully saturated rings. The van der Waals surface area contributed by atoms with Crippen LogP contribution in [0.4, 0.5) is 0 Å². The van der Waals surface area contributed by atoms with Gasteiger partial charge in [0.15, 0.2) is 11.5 Å². The summed E-state index contributed by atoms with van der Waals surface area (Å²) in [6, 6.07) is 4.09. The monoisotopic (exact) mass is 250 g/mol. The summed E-state index contributed by atoms with van der Waals surface area (Å²) >= 11 is 0. The van der Waals surface area contributed by atoms with E-state index in [9.17, 15) is 0 Å². The van der Waals surface area contributed by atoms with Crippen LogP contribution in [-0.4, -0.2) is 45.0 Å². The fraction of sp³-hybridized carbons (Fsp3) is 0.538. The van der Waals surface area contributed by atoms with Crippen molar-refractivity contribution in [1.82, 2.24) is 10.2 Å². The normalized spacial score (nSPS) is 18.9. The van der Waals surface area contributed by atoms with Crippen molar-refractivity contribution in [3.63, 3.8) is 0 Å². The van der Waals surface area contributed by atoms with E-state index in [2.05, 4.69) is 10.2 Å². The minimum absolute atomic E-state index is 0.281. The van der Waals surface area contributed by atoms with Crippen molar-refractivity contribution >= 4 is 0 Å². The number of benzene rings is 1. The summed E-state index contributed by atoms with van der Waals surface area (Å²) in [5.74, 6) is 2.27. The van der Waals surface area contributed by atoms with Crippen LogP contribution < -0.4 is 19.5 Å². The van der Waals surface area contributed by atoms with Crippen LogP contribution in [0.5, 0.6) is 17.2 Å². The van der Waals surface area contributed by atoms with Crippen molar-refractivity contribution in [3.05, 3.63) is 17.7 Å². The molecule has 0 spiro atoms. The van der Waals surface area contributed by atoms with E-state index in [4.69, 9.17) is 14.2 Å². The Morgan fingerprint density at radius 1 is 1.28 bits per heavy atom. The van der Waals surface area contributed by atoms with Gasteiger partial charge in [-0.2, -0.15) is 0 Å². The molecule has 98 valence electrons. The molecular formula is C13H18N2O3. The molecule has 0 amide bonds. The highest BCUT2D eigenvalue weighted by Crippen LogP contribution is 2.41. The number of nitrogens with zero attached hydrogens (tertiary/aromatic N) is 1. The fourth-order valence-electron chi connectivity index (χ4n) is 2.40. The first-order valence-electron chi connectivity index (χ1n) is 6.26. The van der Waals surface area contributed by atoms with Gasteiger partial charge >= 0.3 is 0 Å². The number of ether oxygens (including phenoxy) is 3. The van der Waals surface area contributed by atoms with Crippen LogP contribution in [0.15, 0.2) is 12.1 Å². The van der Waals surface area contributed by atoms with Crippen LogP contribution in [-0.2, 0) is 6.54 Å². The van der Waals surface area contributed by atoms with Gasteiger partial charge in [-0.05, 0) is 17.7 Å². The third-order valence-electron chi connectivity index (χ3n) is 3.33. The summed E-state index contributed by atoms with van der Waals surface area (Å²) in [4.78, 5) is 2.42. The van der Waals surface area contributed by atoms with Gasteiger partial charge in [-0.1, -0.05) is 0 Å². The Kier molecular flexibility index (Phi) is 3.25. The Morgan fingerprint density at radius 3 is 2.89 bits per heavy atom. The lowest BCUT2D eigenvalue weighted by Gasteiger charge is -2.27. The minimum Gasteiger partial charge on any atom is -0.493 e. The number of rotatable bonds is 3. The van der Waals surface area contributed by atoms with Gasteiger partial charge in [0.25, 0.3) is 0 Å². The Labute approximate surface area is 107 Å². The van der Waals surface area contributed by atoms with Crippen LogP contribution in [0.2, 0.25) is 0 Å². The Morgan fingerprint density at radius 2 is 2.11 bits per heavy atom. The Bertz CT molecular complexity index is 430. The topological polar surface area (TPSA) is 43.0 Å². The van der Waals surface area contributed by atoms with Gasteiger partial charge in [-0.25, -0.2) is 0 Å². The van der Waals surface area contributed by atoms with Gasteiger partial charge in [-0.3, -0.25) is 4.90 Å². The van der Waals surface area contributed by atoms with E-state index >= 15 is 0 Å². The van der Waals surface area contributed by atoms with E-state index in [1.807, 2.05) is 12.1 Å². The third-order valence-corrected chi connectivity index (χ3v) is 3.33. The molecule has 2 aliphatic rings. The highest BCUT2D eigenvalue weighted by Gasteiger charge is 2.21. The maximum atomic E-state index is 5.44. The Hall–Kier alpha value is -1.46. The van der Waals surface area contributed by atoms with Gasteiger partial charge in [0.2, 0.25) is 12.5 Å². The van der Waals surface area contributed by atoms with Gasteiger partial charge in [0, 0.05) is 32.7 Å². The number of piperazine rings is 1. The van der Waals surface area contributed by atoms with Gasteiger partial charge < -0.3 is 19.5 Å². The zero-order valence-corrected chi connectivity index (χ0v) is 10.6. The third kappa shape index (κ3) is 2.23. The van der Waals surface area contributed by atoms with E-state index in [-0.39, 0.29) is 6.79 Å². The molecule has 0 aliphatic carbocycles. The summed E-state index contributed by atoms with van der Waals surface area (Å²) in [5, 5.41) is 3.35. The highest BCUT2D eigenvalue weighted by atomic mass is 16.7. The lowest BCUT2D eigenvalue weighted by atomic mass is 10.1. The predicted octanol–water partition coefficient (Wildman–Crippen LogP) is 0.829. The maximum Gasteiger partial charge on any atom is 0.231 e. The summed E-state index contributed by atoms with van der Waals surface area (Å²) in [6.45, 7) is 5.48. The van der Waals surface area contributed by atoms with Crippen LogP contribution in [0.1, 0.15) is 5.56 Å². The van der Waals surface area contributed by atoms with Crippen molar-refractivity contribution < 1.29 is 14.2 Å². The molecule has 1 aromatic rings. The molecule has 2 heterocycles. The molecule has 0 radical (unpaired) electrons. The zero-order valence-electron chi connectivity index (χ0n) is 10.6. The van der Waals surface area contributed by atoms with Gasteiger partial charge in [-0.15, -0.1) is 0 Å². The number of hydrogen-bond acceptors (Lipinski definition) is 5. The SMILES string of the molecule is COc1cc(CN2CCNCC2)cc2c1OCO2. The molecule has 0 atom stereocenters. The molecule has 3 rings (SSSR count). The maximum absolute atomic E-state index is 5.44. The van der Waals surface area contributed by atoms with E-state index in [1.54, 1.807) is 7.11 Å². The van der Waals surface area contributed by atoms with Crippen molar-refractivity contribution in [2.24, 2.45) is 0 Å². The lowest BCUT2D eigenvalue weighted by molar-refractivity contribution is 0.171. The Balaban J connectivity index is 1.79. The van der Waals surface area contributed by atoms with E-state index in [1.165, 1.54) is 5.56 Å². The highest BCUT2D eigenvalue weighted by molar-refractivity contribution is 5.55. The average Bonchev–Trinajstić information content (AvgIpc) is 2.87. The van der Waals surface area contributed by atoms with Crippen LogP contribution in [0.25, 0.3) is 0 Å². The van der Waals surface area contributed by atoms with Gasteiger partial charge in [0.05, 0.1) is 7.11 Å². The van der Waals surface area contributed by atoms with E-state index < -0.39 is 0 Å². The molecular weight excluding hydrogens is 232 g/mol. The van der Waals surface area contributed by atoms with E-state index in [0.717, 1.165) is 50.0 Å². The number of nitrogens with one attached hydrogen (secondary N) is 1. The van der Waals surface area contributed by atoms with Gasteiger partial charge in [0.1, 0.15) is 0 Å². The first-order chi connectivity index (χ1) is 8.86. The average molecular weight is 250 g/mol. The molecule has 0 saturated carbocycles. The molecule has 18 heavy (non-hydrogen) atoms. The quantitative estimate of drug-likeness (QED) is 0.860. The van der Waals surface area contributed by atoms with E-state index in [0.29, 0.717) is 0 Å².